The van der Waals surface area contributed by atoms with Gasteiger partial charge in [-0.2, -0.15) is 0 Å². The van der Waals surface area contributed by atoms with Gasteiger partial charge in [-0.3, -0.25) is 0 Å². The van der Waals surface area contributed by atoms with Crippen molar-refractivity contribution in [3.05, 3.63) is 42.0 Å². The number of nitrogens with two attached hydrogens (primary N) is 1. The molecule has 20 heavy (non-hydrogen) atoms. The van der Waals surface area contributed by atoms with Gasteiger partial charge < -0.3 is 10.7 Å². The van der Waals surface area contributed by atoms with Gasteiger partial charge in [0, 0.05) is 31.0 Å². The lowest BCUT2D eigenvalue weighted by Gasteiger charge is -2.10. The number of aromatic amines is 1. The van der Waals surface area contributed by atoms with E-state index in [2.05, 4.69) is 14.7 Å². The third-order valence-corrected chi connectivity index (χ3v) is 4.66. The number of nitrogens with one attached hydrogen (secondary N) is 2. The van der Waals surface area contributed by atoms with Gasteiger partial charge in [0.05, 0.1) is 4.90 Å². The smallest absolute Gasteiger partial charge is 0.240 e. The van der Waals surface area contributed by atoms with Crippen LogP contribution >= 0.6 is 0 Å². The first-order chi connectivity index (χ1) is 9.50. The standard InChI is InChI=1S/C13H18N4O2S/c1-10-11(14)4-2-5-12(10)20(18,19)17-7-3-6-13-15-8-9-16-13/h2,4-5,8-9,17H,3,6-7,14H2,1H3,(H,15,16). The van der Waals surface area contributed by atoms with E-state index in [0.717, 1.165) is 5.82 Å². The highest BCUT2D eigenvalue weighted by molar-refractivity contribution is 7.89. The van der Waals surface area contributed by atoms with Crippen molar-refractivity contribution in [2.75, 3.05) is 12.3 Å². The van der Waals surface area contributed by atoms with Crippen LogP contribution in [0.5, 0.6) is 0 Å². The van der Waals surface area contributed by atoms with E-state index < -0.39 is 10.0 Å². The van der Waals surface area contributed by atoms with Gasteiger partial charge >= 0.3 is 0 Å². The molecule has 2 rings (SSSR count). The summed E-state index contributed by atoms with van der Waals surface area (Å²) in [4.78, 5) is 7.29. The predicted octanol–water partition coefficient (Wildman–Crippen LogP) is 1.21. The molecule has 0 atom stereocenters. The molecule has 0 saturated carbocycles. The Balaban J connectivity index is 1.95. The minimum Gasteiger partial charge on any atom is -0.398 e. The summed E-state index contributed by atoms with van der Waals surface area (Å²) in [6.45, 7) is 2.06. The average molecular weight is 294 g/mol. The Bertz CT molecular complexity index is 666. The molecule has 0 unspecified atom stereocenters. The molecule has 0 aliphatic heterocycles. The highest BCUT2D eigenvalue weighted by atomic mass is 32.2. The zero-order valence-electron chi connectivity index (χ0n) is 11.3. The molecule has 1 aromatic carbocycles. The SMILES string of the molecule is Cc1c(N)cccc1S(=O)(=O)NCCCc1ncc[nH]1. The Kier molecular flexibility index (Phi) is 4.41. The highest BCUT2D eigenvalue weighted by Crippen LogP contribution is 2.20. The molecule has 0 saturated heterocycles. The number of nitrogen functional groups attached to an aromatic ring is 1. The first-order valence-electron chi connectivity index (χ1n) is 6.34. The zero-order chi connectivity index (χ0) is 14.6. The van der Waals surface area contributed by atoms with Crippen molar-refractivity contribution in [1.82, 2.24) is 14.7 Å². The number of sulfonamides is 1. The molecule has 4 N–H and O–H groups in total. The normalized spacial score (nSPS) is 11.7. The summed E-state index contributed by atoms with van der Waals surface area (Å²) in [7, 11) is -3.52. The van der Waals surface area contributed by atoms with Crippen LogP contribution in [0.15, 0.2) is 35.5 Å². The van der Waals surface area contributed by atoms with Crippen molar-refractivity contribution in [2.45, 2.75) is 24.7 Å². The van der Waals surface area contributed by atoms with E-state index in [1.165, 1.54) is 0 Å². The number of anilines is 1. The van der Waals surface area contributed by atoms with Crippen molar-refractivity contribution in [2.24, 2.45) is 0 Å². The van der Waals surface area contributed by atoms with Gasteiger partial charge in [0.2, 0.25) is 10.0 Å². The highest BCUT2D eigenvalue weighted by Gasteiger charge is 2.16. The molecule has 0 bridgehead atoms. The van der Waals surface area contributed by atoms with Crippen LogP contribution in [0.2, 0.25) is 0 Å². The summed E-state index contributed by atoms with van der Waals surface area (Å²) >= 11 is 0. The Morgan fingerprint density at radius 3 is 2.90 bits per heavy atom. The predicted molar refractivity (Wildman–Crippen MR) is 77.7 cm³/mol. The lowest BCUT2D eigenvalue weighted by atomic mass is 10.2. The molecular formula is C13H18N4O2S. The van der Waals surface area contributed by atoms with Crippen LogP contribution in [0, 0.1) is 6.92 Å². The number of aromatic nitrogens is 2. The number of rotatable bonds is 6. The maximum absolute atomic E-state index is 12.2. The first-order valence-corrected chi connectivity index (χ1v) is 7.82. The number of hydrogen-bond acceptors (Lipinski definition) is 4. The van der Waals surface area contributed by atoms with Crippen molar-refractivity contribution in [3.63, 3.8) is 0 Å². The molecule has 0 amide bonds. The average Bonchev–Trinajstić information content (AvgIpc) is 2.91. The molecule has 0 radical (unpaired) electrons. The van der Waals surface area contributed by atoms with Crippen LogP contribution in [0.25, 0.3) is 0 Å². The number of nitrogens with zero attached hydrogens (tertiary/aromatic N) is 1. The number of hydrogen-bond donors (Lipinski definition) is 3. The summed E-state index contributed by atoms with van der Waals surface area (Å²) in [5.41, 5.74) is 6.78. The molecule has 0 aliphatic carbocycles. The van der Waals surface area contributed by atoms with Crippen LogP contribution < -0.4 is 10.5 Å². The van der Waals surface area contributed by atoms with E-state index in [9.17, 15) is 8.42 Å². The summed E-state index contributed by atoms with van der Waals surface area (Å²) in [6, 6.07) is 4.88. The molecule has 0 fully saturated rings. The monoisotopic (exact) mass is 294 g/mol. The van der Waals surface area contributed by atoms with Crippen molar-refractivity contribution < 1.29 is 8.42 Å². The zero-order valence-corrected chi connectivity index (χ0v) is 12.1. The third-order valence-electron chi connectivity index (χ3n) is 3.05. The largest absolute Gasteiger partial charge is 0.398 e. The Hall–Kier alpha value is -1.86. The van der Waals surface area contributed by atoms with Gasteiger partial charge in [-0.1, -0.05) is 6.07 Å². The first kappa shape index (κ1) is 14.5. The quantitative estimate of drug-likeness (QED) is 0.550. The minimum absolute atomic E-state index is 0.232. The van der Waals surface area contributed by atoms with Crippen LogP contribution in [0.3, 0.4) is 0 Å². The fourth-order valence-electron chi connectivity index (χ4n) is 1.90. The second-order valence-corrected chi connectivity index (χ2v) is 6.24. The fraction of sp³-hybridized carbons (Fsp3) is 0.308. The Labute approximate surface area is 118 Å². The minimum atomic E-state index is -3.52. The third kappa shape index (κ3) is 3.37. The van der Waals surface area contributed by atoms with Gasteiger partial charge in [-0.05, 0) is 31.0 Å². The molecule has 108 valence electrons. The number of H-pyrrole nitrogens is 1. The van der Waals surface area contributed by atoms with Gasteiger partial charge in [0.25, 0.3) is 0 Å². The van der Waals surface area contributed by atoms with Gasteiger partial charge in [-0.25, -0.2) is 18.1 Å². The topological polar surface area (TPSA) is 101 Å². The second-order valence-electron chi connectivity index (χ2n) is 4.51. The summed E-state index contributed by atoms with van der Waals surface area (Å²) < 4.78 is 26.9. The van der Waals surface area contributed by atoms with E-state index in [4.69, 9.17) is 5.73 Å². The lowest BCUT2D eigenvalue weighted by molar-refractivity contribution is 0.578. The maximum atomic E-state index is 12.2. The molecule has 6 nitrogen and oxygen atoms in total. The molecule has 1 aromatic heterocycles. The molecular weight excluding hydrogens is 276 g/mol. The van der Waals surface area contributed by atoms with E-state index in [-0.39, 0.29) is 4.90 Å². The van der Waals surface area contributed by atoms with Crippen LogP contribution in [0.1, 0.15) is 17.8 Å². The molecule has 7 heteroatoms. The van der Waals surface area contributed by atoms with E-state index in [1.807, 2.05) is 0 Å². The second kappa shape index (κ2) is 6.06. The molecule has 0 aliphatic rings. The maximum Gasteiger partial charge on any atom is 0.240 e. The summed E-state index contributed by atoms with van der Waals surface area (Å²) in [6.07, 6.45) is 4.80. The van der Waals surface area contributed by atoms with E-state index >= 15 is 0 Å². The summed E-state index contributed by atoms with van der Waals surface area (Å²) in [5.74, 6) is 0.851. The van der Waals surface area contributed by atoms with Crippen LogP contribution in [-0.2, 0) is 16.4 Å². The molecule has 2 aromatic rings. The summed E-state index contributed by atoms with van der Waals surface area (Å²) in [5, 5.41) is 0. The number of imidazole rings is 1. The fourth-order valence-corrected chi connectivity index (χ4v) is 3.24. The van der Waals surface area contributed by atoms with Crippen molar-refractivity contribution >= 4 is 15.7 Å². The Morgan fingerprint density at radius 2 is 2.20 bits per heavy atom. The van der Waals surface area contributed by atoms with E-state index in [0.29, 0.717) is 30.6 Å². The number of benzene rings is 1. The van der Waals surface area contributed by atoms with Crippen LogP contribution in [0.4, 0.5) is 5.69 Å². The van der Waals surface area contributed by atoms with Gasteiger partial charge in [0.1, 0.15) is 5.82 Å². The number of aryl methyl sites for hydroxylation is 1. The molecule has 1 heterocycles. The molecule has 0 spiro atoms. The van der Waals surface area contributed by atoms with Gasteiger partial charge in [0.15, 0.2) is 0 Å². The lowest BCUT2D eigenvalue weighted by Crippen LogP contribution is -2.26. The van der Waals surface area contributed by atoms with E-state index in [1.54, 1.807) is 37.5 Å². The van der Waals surface area contributed by atoms with Gasteiger partial charge in [-0.15, -0.1) is 0 Å². The van der Waals surface area contributed by atoms with Crippen LogP contribution in [-0.4, -0.2) is 24.9 Å². The van der Waals surface area contributed by atoms with Crippen molar-refractivity contribution in [3.8, 4) is 0 Å². The Morgan fingerprint density at radius 1 is 1.40 bits per heavy atom. The van der Waals surface area contributed by atoms with Crippen molar-refractivity contribution in [1.29, 1.82) is 0 Å².